The number of allylic oxidation sites excluding steroid dienone is 3. The molecular formula is C32H56O3. The van der Waals surface area contributed by atoms with E-state index in [-0.39, 0.29) is 0 Å². The largest absolute Gasteiger partial charge is 0.393 e. The van der Waals surface area contributed by atoms with Gasteiger partial charge in [-0.3, -0.25) is 0 Å². The summed E-state index contributed by atoms with van der Waals surface area (Å²) < 4.78 is 0. The Morgan fingerprint density at radius 2 is 1.74 bits per heavy atom. The van der Waals surface area contributed by atoms with Crippen molar-refractivity contribution in [2.75, 3.05) is 0 Å². The van der Waals surface area contributed by atoms with Gasteiger partial charge in [-0.15, -0.1) is 0 Å². The molecule has 0 saturated heterocycles. The molecule has 202 valence electrons. The SMILES string of the molecule is CC(C)CCCC(/C=C1\CCC[C@]2(C)[C@@H]([C@H](C)CCCC(C)(C)O)CC[C@@H]12)=C1C[C@@H](O)C[C@H](O)C1. The maximum Gasteiger partial charge on any atom is 0.0602 e. The lowest BCUT2D eigenvalue weighted by atomic mass is 9.60. The Kier molecular flexibility index (Phi) is 10.1. The molecule has 3 rings (SSSR count). The van der Waals surface area contributed by atoms with E-state index in [1.807, 2.05) is 13.8 Å². The highest BCUT2D eigenvalue weighted by Crippen LogP contribution is 2.60. The van der Waals surface area contributed by atoms with Gasteiger partial charge in [-0.2, -0.15) is 0 Å². The Labute approximate surface area is 216 Å². The number of aliphatic hydroxyl groups is 3. The molecule has 3 heteroatoms. The summed E-state index contributed by atoms with van der Waals surface area (Å²) >= 11 is 0. The molecule has 6 atom stereocenters. The first kappa shape index (κ1) is 28.9. The normalized spacial score (nSPS) is 33.9. The van der Waals surface area contributed by atoms with Gasteiger partial charge in [0, 0.05) is 0 Å². The molecule has 0 aliphatic heterocycles. The van der Waals surface area contributed by atoms with Crippen molar-refractivity contribution in [3.05, 3.63) is 22.8 Å². The van der Waals surface area contributed by atoms with Crippen molar-refractivity contribution in [3.63, 3.8) is 0 Å². The quantitative estimate of drug-likeness (QED) is 0.295. The first-order valence-electron chi connectivity index (χ1n) is 14.9. The minimum atomic E-state index is -0.553. The Hall–Kier alpha value is -0.640. The molecule has 0 aromatic carbocycles. The molecule has 0 heterocycles. The Morgan fingerprint density at radius 1 is 1.06 bits per heavy atom. The second-order valence-corrected chi connectivity index (χ2v) is 13.9. The van der Waals surface area contributed by atoms with E-state index in [0.29, 0.717) is 29.6 Å². The predicted octanol–water partition coefficient (Wildman–Crippen LogP) is 7.74. The van der Waals surface area contributed by atoms with Crippen molar-refractivity contribution in [1.82, 2.24) is 0 Å². The zero-order chi connectivity index (χ0) is 25.8. The molecular weight excluding hydrogens is 432 g/mol. The molecule has 3 aliphatic rings. The second kappa shape index (κ2) is 12.3. The van der Waals surface area contributed by atoms with E-state index in [1.165, 1.54) is 62.5 Å². The van der Waals surface area contributed by atoms with Crippen LogP contribution in [0, 0.1) is 29.1 Å². The van der Waals surface area contributed by atoms with E-state index < -0.39 is 17.8 Å². The van der Waals surface area contributed by atoms with Gasteiger partial charge in [0.2, 0.25) is 0 Å². The smallest absolute Gasteiger partial charge is 0.0602 e. The van der Waals surface area contributed by atoms with Crippen molar-refractivity contribution in [2.24, 2.45) is 29.1 Å². The average Bonchev–Trinajstić information content (AvgIpc) is 3.09. The minimum Gasteiger partial charge on any atom is -0.393 e. The van der Waals surface area contributed by atoms with E-state index in [0.717, 1.165) is 38.0 Å². The Bertz CT molecular complexity index is 730. The van der Waals surface area contributed by atoms with Crippen LogP contribution in [-0.2, 0) is 0 Å². The summed E-state index contributed by atoms with van der Waals surface area (Å²) in [6.07, 6.45) is 17.0. The lowest BCUT2D eigenvalue weighted by Gasteiger charge is -2.44. The van der Waals surface area contributed by atoms with Crippen molar-refractivity contribution in [3.8, 4) is 0 Å². The van der Waals surface area contributed by atoms with E-state index >= 15 is 0 Å². The summed E-state index contributed by atoms with van der Waals surface area (Å²) in [6.45, 7) is 13.5. The molecule has 0 aromatic rings. The summed E-state index contributed by atoms with van der Waals surface area (Å²) in [5.74, 6) is 2.87. The van der Waals surface area contributed by atoms with Crippen molar-refractivity contribution < 1.29 is 15.3 Å². The van der Waals surface area contributed by atoms with E-state index in [1.54, 1.807) is 5.57 Å². The standard InChI is InChI=1S/C32H56O3/c1-22(2)10-7-12-24(26-19-27(33)21-28(34)20-26)18-25-13-9-17-32(6)29(14-15-30(25)32)23(3)11-8-16-31(4,5)35/h18,22-23,27-30,33-35H,7-17,19-21H2,1-6H3/b25-18+/t23-,27-,28-,29-,30+,32-/m1/s1. The lowest BCUT2D eigenvalue weighted by Crippen LogP contribution is -2.36. The summed E-state index contributed by atoms with van der Waals surface area (Å²) in [5, 5.41) is 30.9. The number of aliphatic hydroxyl groups excluding tert-OH is 2. The summed E-state index contributed by atoms with van der Waals surface area (Å²) in [7, 11) is 0. The summed E-state index contributed by atoms with van der Waals surface area (Å²) in [5.41, 5.74) is 4.24. The van der Waals surface area contributed by atoms with Gasteiger partial charge < -0.3 is 15.3 Å². The molecule has 0 unspecified atom stereocenters. The van der Waals surface area contributed by atoms with Gasteiger partial charge in [-0.25, -0.2) is 0 Å². The van der Waals surface area contributed by atoms with Crippen LogP contribution in [0.3, 0.4) is 0 Å². The van der Waals surface area contributed by atoms with Gasteiger partial charge in [0.25, 0.3) is 0 Å². The van der Waals surface area contributed by atoms with E-state index in [4.69, 9.17) is 0 Å². The van der Waals surface area contributed by atoms with Crippen molar-refractivity contribution in [2.45, 2.75) is 149 Å². The Balaban J connectivity index is 1.79. The fourth-order valence-corrected chi connectivity index (χ4v) is 7.92. The molecule has 0 bridgehead atoms. The predicted molar refractivity (Wildman–Crippen MR) is 147 cm³/mol. The molecule has 0 spiro atoms. The molecule has 3 nitrogen and oxygen atoms in total. The van der Waals surface area contributed by atoms with Crippen LogP contribution in [0.1, 0.15) is 131 Å². The maximum atomic E-state index is 10.4. The van der Waals surface area contributed by atoms with Crippen molar-refractivity contribution >= 4 is 0 Å². The molecule has 3 N–H and O–H groups in total. The monoisotopic (exact) mass is 488 g/mol. The molecule has 3 saturated carbocycles. The molecule has 0 amide bonds. The third-order valence-corrected chi connectivity index (χ3v) is 9.72. The Morgan fingerprint density at radius 3 is 2.37 bits per heavy atom. The number of fused-ring (bicyclic) bond motifs is 1. The number of hydrogen-bond acceptors (Lipinski definition) is 3. The van der Waals surface area contributed by atoms with E-state index in [2.05, 4.69) is 33.8 Å². The third-order valence-electron chi connectivity index (χ3n) is 9.72. The topological polar surface area (TPSA) is 60.7 Å². The van der Waals surface area contributed by atoms with Crippen LogP contribution < -0.4 is 0 Å². The van der Waals surface area contributed by atoms with Crippen LogP contribution in [0.2, 0.25) is 0 Å². The molecule has 0 aromatic heterocycles. The van der Waals surface area contributed by atoms with Crippen LogP contribution in [0.15, 0.2) is 22.8 Å². The van der Waals surface area contributed by atoms with E-state index in [9.17, 15) is 15.3 Å². The van der Waals surface area contributed by atoms with Crippen LogP contribution >= 0.6 is 0 Å². The third kappa shape index (κ3) is 7.92. The van der Waals surface area contributed by atoms with Crippen molar-refractivity contribution in [1.29, 1.82) is 0 Å². The van der Waals surface area contributed by atoms with Gasteiger partial charge in [-0.1, -0.05) is 64.2 Å². The van der Waals surface area contributed by atoms with Crippen LogP contribution in [-0.4, -0.2) is 33.1 Å². The zero-order valence-electron chi connectivity index (χ0n) is 23.8. The number of rotatable bonds is 10. The van der Waals surface area contributed by atoms with Crippen LogP contribution in [0.25, 0.3) is 0 Å². The summed E-state index contributed by atoms with van der Waals surface area (Å²) in [4.78, 5) is 0. The molecule has 3 aliphatic carbocycles. The number of hydrogen-bond donors (Lipinski definition) is 3. The van der Waals surface area contributed by atoms with Crippen LogP contribution in [0.5, 0.6) is 0 Å². The highest BCUT2D eigenvalue weighted by Gasteiger charge is 2.50. The maximum absolute atomic E-state index is 10.4. The average molecular weight is 489 g/mol. The van der Waals surface area contributed by atoms with Gasteiger partial charge in [0.05, 0.1) is 17.8 Å². The fraction of sp³-hybridized carbons (Fsp3) is 0.875. The highest BCUT2D eigenvalue weighted by atomic mass is 16.3. The summed E-state index contributed by atoms with van der Waals surface area (Å²) in [6, 6.07) is 0. The second-order valence-electron chi connectivity index (χ2n) is 13.9. The highest BCUT2D eigenvalue weighted by molar-refractivity contribution is 5.34. The fourth-order valence-electron chi connectivity index (χ4n) is 7.92. The minimum absolute atomic E-state index is 0.386. The van der Waals surface area contributed by atoms with Gasteiger partial charge in [0.1, 0.15) is 0 Å². The van der Waals surface area contributed by atoms with Crippen LogP contribution in [0.4, 0.5) is 0 Å². The van der Waals surface area contributed by atoms with Gasteiger partial charge in [-0.05, 0) is 119 Å². The lowest BCUT2D eigenvalue weighted by molar-refractivity contribution is 0.0589. The van der Waals surface area contributed by atoms with Gasteiger partial charge in [0.15, 0.2) is 0 Å². The zero-order valence-corrected chi connectivity index (χ0v) is 23.8. The first-order chi connectivity index (χ1) is 16.4. The van der Waals surface area contributed by atoms with Gasteiger partial charge >= 0.3 is 0 Å². The molecule has 35 heavy (non-hydrogen) atoms. The molecule has 3 fully saturated rings. The first-order valence-corrected chi connectivity index (χ1v) is 14.9. The molecule has 0 radical (unpaired) electrons.